The van der Waals surface area contributed by atoms with Crippen molar-refractivity contribution in [3.63, 3.8) is 0 Å². The second-order valence-corrected chi connectivity index (χ2v) is 6.32. The fraction of sp³-hybridized carbons (Fsp3) is 0.167. The summed E-state index contributed by atoms with van der Waals surface area (Å²) in [6, 6.07) is 11.8. The van der Waals surface area contributed by atoms with E-state index in [9.17, 15) is 9.59 Å². The third-order valence-corrected chi connectivity index (χ3v) is 4.43. The Morgan fingerprint density at radius 1 is 1.12 bits per heavy atom. The van der Waals surface area contributed by atoms with Crippen molar-refractivity contribution in [1.82, 2.24) is 9.78 Å². The van der Waals surface area contributed by atoms with Gasteiger partial charge in [-0.3, -0.25) is 9.59 Å². The van der Waals surface area contributed by atoms with Gasteiger partial charge in [-0.15, -0.1) is 0 Å². The Morgan fingerprint density at radius 3 is 2.52 bits per heavy atom. The molecule has 5 nitrogen and oxygen atoms in total. The van der Waals surface area contributed by atoms with Crippen molar-refractivity contribution >= 4 is 45.6 Å². The van der Waals surface area contributed by atoms with Crippen LogP contribution in [0.3, 0.4) is 0 Å². The van der Waals surface area contributed by atoms with Crippen LogP contribution in [0, 0.1) is 0 Å². The third-order valence-electron chi connectivity index (χ3n) is 3.70. The molecule has 0 aliphatic heterocycles. The Morgan fingerprint density at radius 2 is 1.84 bits per heavy atom. The van der Waals surface area contributed by atoms with Crippen molar-refractivity contribution in [1.29, 1.82) is 0 Å². The average molecular weight is 376 g/mol. The lowest BCUT2D eigenvalue weighted by Gasteiger charge is -2.11. The van der Waals surface area contributed by atoms with E-state index in [1.165, 1.54) is 4.68 Å². The lowest BCUT2D eigenvalue weighted by molar-refractivity contribution is 0.102. The van der Waals surface area contributed by atoms with E-state index in [0.717, 1.165) is 6.42 Å². The predicted molar refractivity (Wildman–Crippen MR) is 101 cm³/mol. The van der Waals surface area contributed by atoms with Crippen LogP contribution in [-0.2, 0) is 6.54 Å². The number of nitrogens with one attached hydrogen (secondary N) is 1. The largest absolute Gasteiger partial charge is 0.321 e. The van der Waals surface area contributed by atoms with E-state index in [0.29, 0.717) is 33.0 Å². The second kappa shape index (κ2) is 7.25. The van der Waals surface area contributed by atoms with Crippen LogP contribution < -0.4 is 10.9 Å². The van der Waals surface area contributed by atoms with Gasteiger partial charge in [0.2, 0.25) is 0 Å². The molecule has 0 atom stereocenters. The number of carbonyl (C=O) groups excluding carboxylic acids is 1. The van der Waals surface area contributed by atoms with Crippen molar-refractivity contribution < 1.29 is 4.79 Å². The summed E-state index contributed by atoms with van der Waals surface area (Å²) in [5.41, 5.74) is 0.483. The quantitative estimate of drug-likeness (QED) is 0.736. The number of fused-ring (bicyclic) bond motifs is 1. The number of carbonyl (C=O) groups is 1. The molecule has 7 heteroatoms. The number of aromatic nitrogens is 2. The molecular formula is C18H15Cl2N3O2. The molecule has 128 valence electrons. The Balaban J connectivity index is 2.07. The Labute approximate surface area is 154 Å². The van der Waals surface area contributed by atoms with Crippen LogP contribution in [0.5, 0.6) is 0 Å². The van der Waals surface area contributed by atoms with Crippen LogP contribution in [-0.4, -0.2) is 15.7 Å². The van der Waals surface area contributed by atoms with Gasteiger partial charge in [-0.05, 0) is 30.7 Å². The van der Waals surface area contributed by atoms with Crippen molar-refractivity contribution in [3.8, 4) is 0 Å². The summed E-state index contributed by atoms with van der Waals surface area (Å²) < 4.78 is 1.33. The maximum absolute atomic E-state index is 12.7. The highest BCUT2D eigenvalue weighted by molar-refractivity contribution is 6.42. The molecule has 0 saturated heterocycles. The summed E-state index contributed by atoms with van der Waals surface area (Å²) in [5.74, 6) is -0.417. The monoisotopic (exact) mass is 375 g/mol. The van der Waals surface area contributed by atoms with Gasteiger partial charge in [-0.2, -0.15) is 5.10 Å². The Hall–Kier alpha value is -2.37. The number of hydrogen-bond acceptors (Lipinski definition) is 3. The summed E-state index contributed by atoms with van der Waals surface area (Å²) in [7, 11) is 0. The fourth-order valence-corrected chi connectivity index (χ4v) is 2.83. The van der Waals surface area contributed by atoms with Crippen molar-refractivity contribution in [3.05, 3.63) is 68.6 Å². The smallest absolute Gasteiger partial charge is 0.276 e. The van der Waals surface area contributed by atoms with E-state index < -0.39 is 5.91 Å². The molecule has 1 heterocycles. The van der Waals surface area contributed by atoms with Crippen LogP contribution >= 0.6 is 23.2 Å². The van der Waals surface area contributed by atoms with Crippen molar-refractivity contribution in [2.45, 2.75) is 19.9 Å². The van der Waals surface area contributed by atoms with Crippen LogP contribution in [0.4, 0.5) is 5.69 Å². The molecule has 3 rings (SSSR count). The van der Waals surface area contributed by atoms with Crippen LogP contribution in [0.25, 0.3) is 10.8 Å². The Kier molecular flexibility index (Phi) is 5.06. The van der Waals surface area contributed by atoms with Crippen molar-refractivity contribution in [2.24, 2.45) is 0 Å². The molecule has 0 radical (unpaired) electrons. The van der Waals surface area contributed by atoms with Gasteiger partial charge in [0.1, 0.15) is 0 Å². The molecule has 25 heavy (non-hydrogen) atoms. The topological polar surface area (TPSA) is 64.0 Å². The molecule has 0 fully saturated rings. The molecule has 0 saturated carbocycles. The molecule has 3 aromatic rings. The number of amides is 1. The number of benzene rings is 2. The average Bonchev–Trinajstić information content (AvgIpc) is 2.61. The molecule has 0 aliphatic rings. The zero-order valence-corrected chi connectivity index (χ0v) is 14.9. The molecule has 0 spiro atoms. The number of aryl methyl sites for hydroxylation is 1. The van der Waals surface area contributed by atoms with Gasteiger partial charge in [-0.25, -0.2) is 4.68 Å². The minimum absolute atomic E-state index is 0.190. The first-order valence-electron chi connectivity index (χ1n) is 7.77. The van der Waals surface area contributed by atoms with Crippen LogP contribution in [0.1, 0.15) is 23.8 Å². The zero-order chi connectivity index (χ0) is 18.0. The van der Waals surface area contributed by atoms with E-state index in [-0.39, 0.29) is 11.3 Å². The van der Waals surface area contributed by atoms with Crippen molar-refractivity contribution in [2.75, 3.05) is 5.32 Å². The number of hydrogen-bond donors (Lipinski definition) is 1. The lowest BCUT2D eigenvalue weighted by Crippen LogP contribution is -2.27. The van der Waals surface area contributed by atoms with E-state index >= 15 is 0 Å². The molecule has 1 N–H and O–H groups in total. The first-order chi connectivity index (χ1) is 12.0. The standard InChI is InChI=1S/C18H15Cl2N3O2/c1-2-9-23-18(25)13-6-4-3-5-12(13)16(22-23)17(24)21-11-7-8-14(19)15(20)10-11/h3-8,10H,2,9H2,1H3,(H,21,24). The predicted octanol–water partition coefficient (Wildman–Crippen LogP) is 4.37. The van der Waals surface area contributed by atoms with Crippen LogP contribution in [0.15, 0.2) is 47.3 Å². The maximum atomic E-state index is 12.7. The fourth-order valence-electron chi connectivity index (χ4n) is 2.53. The molecule has 1 amide bonds. The minimum atomic E-state index is -0.417. The van der Waals surface area contributed by atoms with E-state index in [1.807, 2.05) is 6.92 Å². The van der Waals surface area contributed by atoms with Gasteiger partial charge in [0.15, 0.2) is 5.69 Å². The van der Waals surface area contributed by atoms with Gasteiger partial charge >= 0.3 is 0 Å². The molecule has 2 aromatic carbocycles. The summed E-state index contributed by atoms with van der Waals surface area (Å²) in [6.07, 6.45) is 0.735. The number of nitrogens with zero attached hydrogens (tertiary/aromatic N) is 2. The number of anilines is 1. The SMILES string of the molecule is CCCn1nc(C(=O)Nc2ccc(Cl)c(Cl)c2)c2ccccc2c1=O. The first kappa shape index (κ1) is 17.5. The summed E-state index contributed by atoms with van der Waals surface area (Å²) >= 11 is 11.9. The first-order valence-corrected chi connectivity index (χ1v) is 8.53. The number of halogens is 2. The highest BCUT2D eigenvalue weighted by Gasteiger charge is 2.17. The van der Waals surface area contributed by atoms with E-state index in [2.05, 4.69) is 10.4 Å². The van der Waals surface area contributed by atoms with Gasteiger partial charge in [-0.1, -0.05) is 48.3 Å². The molecule has 0 aliphatic carbocycles. The van der Waals surface area contributed by atoms with Crippen LogP contribution in [0.2, 0.25) is 10.0 Å². The molecule has 0 unspecified atom stereocenters. The highest BCUT2D eigenvalue weighted by Crippen LogP contribution is 2.25. The molecular weight excluding hydrogens is 361 g/mol. The van der Waals surface area contributed by atoms with Gasteiger partial charge in [0.05, 0.1) is 15.4 Å². The third kappa shape index (κ3) is 3.52. The summed E-state index contributed by atoms with van der Waals surface area (Å²) in [5, 5.41) is 8.72. The normalized spacial score (nSPS) is 10.8. The molecule has 0 bridgehead atoms. The minimum Gasteiger partial charge on any atom is -0.321 e. The van der Waals surface area contributed by atoms with Gasteiger partial charge in [0.25, 0.3) is 11.5 Å². The van der Waals surface area contributed by atoms with E-state index in [1.54, 1.807) is 42.5 Å². The summed E-state index contributed by atoms with van der Waals surface area (Å²) in [4.78, 5) is 25.2. The Bertz CT molecular complexity index is 1010. The zero-order valence-electron chi connectivity index (χ0n) is 13.4. The highest BCUT2D eigenvalue weighted by atomic mass is 35.5. The van der Waals surface area contributed by atoms with Gasteiger partial charge in [0, 0.05) is 17.6 Å². The number of rotatable bonds is 4. The molecule has 1 aromatic heterocycles. The lowest BCUT2D eigenvalue weighted by atomic mass is 10.1. The second-order valence-electron chi connectivity index (χ2n) is 5.51. The van der Waals surface area contributed by atoms with Gasteiger partial charge < -0.3 is 5.32 Å². The van der Waals surface area contributed by atoms with E-state index in [4.69, 9.17) is 23.2 Å². The summed E-state index contributed by atoms with van der Waals surface area (Å²) in [6.45, 7) is 2.38. The maximum Gasteiger partial charge on any atom is 0.276 e.